The first-order valence-electron chi connectivity index (χ1n) is 13.2. The summed E-state index contributed by atoms with van der Waals surface area (Å²) in [5.41, 5.74) is 4.87. The van der Waals surface area contributed by atoms with E-state index in [4.69, 9.17) is 28.2 Å². The Hall–Kier alpha value is -4.50. The van der Waals surface area contributed by atoms with Crippen LogP contribution in [0.25, 0.3) is 22.2 Å². The molecular formula is C32H28Cl2N6O2. The maximum Gasteiger partial charge on any atom is 0.255 e. The van der Waals surface area contributed by atoms with Gasteiger partial charge >= 0.3 is 0 Å². The van der Waals surface area contributed by atoms with E-state index < -0.39 is 0 Å². The number of halogens is 2. The standard InChI is InChI=1S/C32H28Cl2N6O2/c1-40(2)15-5-8-30(41)37-22-11-9-20(10-12-22)32(42)38-23-13-14-26(33)21(16-23)17-29-36-19-27(34)31(39-29)25-18-35-28-7-4-3-6-24(25)28/h3-14,16,18-19,35H,15,17H2,1-2H3,(H,37,41)(H,38,42)/b8-5+. The van der Waals surface area contributed by atoms with Crippen molar-refractivity contribution in [3.63, 3.8) is 0 Å². The van der Waals surface area contributed by atoms with Crippen molar-refractivity contribution >= 4 is 57.3 Å². The zero-order valence-corrected chi connectivity index (χ0v) is 24.5. The first-order valence-corrected chi connectivity index (χ1v) is 13.9. The van der Waals surface area contributed by atoms with Gasteiger partial charge in [0.1, 0.15) is 5.82 Å². The molecule has 0 bridgehead atoms. The van der Waals surface area contributed by atoms with Gasteiger partial charge in [-0.1, -0.05) is 47.5 Å². The predicted octanol–water partition coefficient (Wildman–Crippen LogP) is 6.83. The van der Waals surface area contributed by atoms with Crippen molar-refractivity contribution in [2.24, 2.45) is 0 Å². The Kier molecular flexibility index (Phi) is 8.97. The number of fused-ring (bicyclic) bond motifs is 1. The monoisotopic (exact) mass is 598 g/mol. The van der Waals surface area contributed by atoms with Gasteiger partial charge in [-0.2, -0.15) is 0 Å². The number of nitrogens with zero attached hydrogens (tertiary/aromatic N) is 3. The van der Waals surface area contributed by atoms with Gasteiger partial charge in [-0.15, -0.1) is 0 Å². The number of aromatic nitrogens is 3. The highest BCUT2D eigenvalue weighted by Crippen LogP contribution is 2.32. The SMILES string of the molecule is CN(C)C/C=C/C(=O)Nc1ccc(C(=O)Nc2ccc(Cl)c(Cc3ncc(Cl)c(-c4c[nH]c5ccccc45)n3)c2)cc1. The van der Waals surface area contributed by atoms with Crippen LogP contribution in [0, 0.1) is 0 Å². The van der Waals surface area contributed by atoms with E-state index in [0.29, 0.717) is 51.5 Å². The van der Waals surface area contributed by atoms with Crippen LogP contribution >= 0.6 is 23.2 Å². The second-order valence-electron chi connectivity index (χ2n) is 9.90. The van der Waals surface area contributed by atoms with E-state index in [1.807, 2.05) is 49.5 Å². The number of benzene rings is 3. The summed E-state index contributed by atoms with van der Waals surface area (Å²) >= 11 is 13.0. The molecule has 5 aromatic rings. The second-order valence-corrected chi connectivity index (χ2v) is 10.7. The summed E-state index contributed by atoms with van der Waals surface area (Å²) in [4.78, 5) is 39.4. The molecule has 0 spiro atoms. The van der Waals surface area contributed by atoms with E-state index in [9.17, 15) is 9.59 Å². The molecule has 3 aromatic carbocycles. The number of aromatic amines is 1. The smallest absolute Gasteiger partial charge is 0.255 e. The Labute approximate surface area is 253 Å². The lowest BCUT2D eigenvalue weighted by molar-refractivity contribution is -0.111. The normalized spacial score (nSPS) is 11.4. The van der Waals surface area contributed by atoms with Crippen LogP contribution in [0.5, 0.6) is 0 Å². The summed E-state index contributed by atoms with van der Waals surface area (Å²) in [6, 6.07) is 19.9. The zero-order valence-electron chi connectivity index (χ0n) is 23.0. The molecule has 0 saturated heterocycles. The van der Waals surface area contributed by atoms with Gasteiger partial charge in [0.15, 0.2) is 0 Å². The second kappa shape index (κ2) is 13.0. The number of likely N-dealkylation sites (N-methyl/N-ethyl adjacent to an activating group) is 1. The summed E-state index contributed by atoms with van der Waals surface area (Å²) in [6.45, 7) is 0.664. The average molecular weight is 600 g/mol. The van der Waals surface area contributed by atoms with Crippen LogP contribution in [-0.4, -0.2) is 52.3 Å². The van der Waals surface area contributed by atoms with E-state index in [0.717, 1.165) is 22.0 Å². The van der Waals surface area contributed by atoms with Crippen molar-refractivity contribution in [3.05, 3.63) is 118 Å². The highest BCUT2D eigenvalue weighted by Gasteiger charge is 2.15. The van der Waals surface area contributed by atoms with Crippen molar-refractivity contribution in [3.8, 4) is 11.3 Å². The van der Waals surface area contributed by atoms with Crippen molar-refractivity contribution in [1.29, 1.82) is 0 Å². The lowest BCUT2D eigenvalue weighted by Gasteiger charge is -2.11. The van der Waals surface area contributed by atoms with Crippen LogP contribution in [0.2, 0.25) is 10.0 Å². The molecule has 2 heterocycles. The average Bonchev–Trinajstić information content (AvgIpc) is 3.40. The summed E-state index contributed by atoms with van der Waals surface area (Å²) in [5, 5.41) is 7.67. The molecule has 0 aliphatic carbocycles. The Bertz CT molecular complexity index is 1780. The minimum Gasteiger partial charge on any atom is -0.360 e. The van der Waals surface area contributed by atoms with Crippen LogP contribution < -0.4 is 10.6 Å². The van der Waals surface area contributed by atoms with Crippen molar-refractivity contribution < 1.29 is 9.59 Å². The molecular weight excluding hydrogens is 571 g/mol. The zero-order chi connectivity index (χ0) is 29.6. The lowest BCUT2D eigenvalue weighted by atomic mass is 10.1. The molecule has 0 atom stereocenters. The molecule has 0 aliphatic heterocycles. The number of carbonyl (C=O) groups excluding carboxylic acids is 2. The number of hydrogen-bond donors (Lipinski definition) is 3. The van der Waals surface area contributed by atoms with E-state index in [2.05, 4.69) is 20.6 Å². The molecule has 5 rings (SSSR count). The van der Waals surface area contributed by atoms with E-state index in [1.165, 1.54) is 6.08 Å². The van der Waals surface area contributed by atoms with Crippen molar-refractivity contribution in [2.45, 2.75) is 6.42 Å². The van der Waals surface area contributed by atoms with Gasteiger partial charge in [0.2, 0.25) is 5.91 Å². The first-order chi connectivity index (χ1) is 20.3. The number of nitrogens with one attached hydrogen (secondary N) is 3. The van der Waals surface area contributed by atoms with Gasteiger partial charge < -0.3 is 20.5 Å². The van der Waals surface area contributed by atoms with Crippen molar-refractivity contribution in [2.75, 3.05) is 31.3 Å². The van der Waals surface area contributed by atoms with Crippen LogP contribution in [0.1, 0.15) is 21.7 Å². The van der Waals surface area contributed by atoms with Gasteiger partial charge in [-0.25, -0.2) is 9.97 Å². The minimum absolute atomic E-state index is 0.235. The highest BCUT2D eigenvalue weighted by molar-refractivity contribution is 6.33. The molecule has 0 aliphatic rings. The molecule has 10 heteroatoms. The third-order valence-corrected chi connectivity index (χ3v) is 7.09. The number of anilines is 2. The molecule has 0 radical (unpaired) electrons. The third kappa shape index (κ3) is 7.03. The minimum atomic E-state index is -0.295. The molecule has 8 nitrogen and oxygen atoms in total. The number of carbonyl (C=O) groups is 2. The van der Waals surface area contributed by atoms with Crippen LogP contribution in [0.15, 0.2) is 91.3 Å². The fourth-order valence-corrected chi connectivity index (χ4v) is 4.74. The van der Waals surface area contributed by atoms with Crippen molar-refractivity contribution in [1.82, 2.24) is 19.9 Å². The first kappa shape index (κ1) is 29.0. The molecule has 0 saturated carbocycles. The molecule has 42 heavy (non-hydrogen) atoms. The summed E-state index contributed by atoms with van der Waals surface area (Å²) in [5.74, 6) is 0.0108. The number of hydrogen-bond acceptors (Lipinski definition) is 5. The van der Waals surface area contributed by atoms with Gasteiger partial charge in [0, 0.05) is 69.9 Å². The van der Waals surface area contributed by atoms with Crippen LogP contribution in [0.3, 0.4) is 0 Å². The number of amides is 2. The Morgan fingerprint density at radius 1 is 0.952 bits per heavy atom. The van der Waals surface area contributed by atoms with Gasteiger partial charge in [-0.05, 0) is 68.2 Å². The Morgan fingerprint density at radius 3 is 2.50 bits per heavy atom. The van der Waals surface area contributed by atoms with Gasteiger partial charge in [0.25, 0.3) is 5.91 Å². The predicted molar refractivity (Wildman–Crippen MR) is 169 cm³/mol. The molecule has 212 valence electrons. The van der Waals surface area contributed by atoms with E-state index >= 15 is 0 Å². The quantitative estimate of drug-likeness (QED) is 0.161. The summed E-state index contributed by atoms with van der Waals surface area (Å²) in [7, 11) is 3.85. The maximum absolute atomic E-state index is 12.9. The molecule has 3 N–H and O–H groups in total. The largest absolute Gasteiger partial charge is 0.360 e. The lowest BCUT2D eigenvalue weighted by Crippen LogP contribution is -2.14. The molecule has 0 fully saturated rings. The number of rotatable bonds is 9. The topological polar surface area (TPSA) is 103 Å². The summed E-state index contributed by atoms with van der Waals surface area (Å²) in [6.07, 6.45) is 7.07. The fourth-order valence-electron chi connectivity index (χ4n) is 4.37. The molecule has 2 aromatic heterocycles. The van der Waals surface area contributed by atoms with Gasteiger partial charge in [-0.3, -0.25) is 9.59 Å². The third-order valence-electron chi connectivity index (χ3n) is 6.44. The van der Waals surface area contributed by atoms with Crippen LogP contribution in [-0.2, 0) is 11.2 Å². The van der Waals surface area contributed by atoms with E-state index in [1.54, 1.807) is 54.7 Å². The highest BCUT2D eigenvalue weighted by atomic mass is 35.5. The number of para-hydroxylation sites is 1. The van der Waals surface area contributed by atoms with Crippen LogP contribution in [0.4, 0.5) is 11.4 Å². The number of H-pyrrole nitrogens is 1. The van der Waals surface area contributed by atoms with E-state index in [-0.39, 0.29) is 11.8 Å². The summed E-state index contributed by atoms with van der Waals surface area (Å²) < 4.78 is 0. The maximum atomic E-state index is 12.9. The van der Waals surface area contributed by atoms with Gasteiger partial charge in [0.05, 0.1) is 10.7 Å². The Morgan fingerprint density at radius 2 is 1.71 bits per heavy atom. The fraction of sp³-hybridized carbons (Fsp3) is 0.125. The Balaban J connectivity index is 1.27. The molecule has 2 amide bonds. The molecule has 0 unspecified atom stereocenters.